The molecule has 1 heteroatoms. The van der Waals surface area contributed by atoms with E-state index >= 15 is 0 Å². The minimum Gasteiger partial charge on any atom is -0.507 e. The van der Waals surface area contributed by atoms with Gasteiger partial charge in [0.05, 0.1) is 0 Å². The van der Waals surface area contributed by atoms with E-state index in [1.807, 2.05) is 30.3 Å². The van der Waals surface area contributed by atoms with Gasteiger partial charge in [0.2, 0.25) is 0 Å². The molecule has 0 aliphatic carbocycles. The Morgan fingerprint density at radius 1 is 0.778 bits per heavy atom. The Morgan fingerprint density at radius 3 is 2.33 bits per heavy atom. The van der Waals surface area contributed by atoms with Crippen LogP contribution in [0.1, 0.15) is 5.56 Å². The molecular weight excluding hydrogens is 220 g/mol. The number of hydrogen-bond acceptors (Lipinski definition) is 1. The highest BCUT2D eigenvalue weighted by Crippen LogP contribution is 2.34. The van der Waals surface area contributed by atoms with Crippen LogP contribution in [0.2, 0.25) is 0 Å². The van der Waals surface area contributed by atoms with Crippen molar-refractivity contribution >= 4 is 10.8 Å². The van der Waals surface area contributed by atoms with E-state index < -0.39 is 0 Å². The monoisotopic (exact) mass is 234 g/mol. The van der Waals surface area contributed by atoms with Gasteiger partial charge >= 0.3 is 0 Å². The van der Waals surface area contributed by atoms with E-state index in [0.29, 0.717) is 5.75 Å². The van der Waals surface area contributed by atoms with Gasteiger partial charge in [-0.25, -0.2) is 0 Å². The van der Waals surface area contributed by atoms with Gasteiger partial charge in [0.25, 0.3) is 0 Å². The van der Waals surface area contributed by atoms with Crippen LogP contribution in [0.3, 0.4) is 0 Å². The molecule has 0 bridgehead atoms. The Kier molecular flexibility index (Phi) is 2.52. The number of rotatable bonds is 1. The second kappa shape index (κ2) is 4.19. The van der Waals surface area contributed by atoms with Crippen LogP contribution in [0, 0.1) is 6.92 Å². The molecule has 0 saturated carbocycles. The van der Waals surface area contributed by atoms with Crippen LogP contribution in [-0.4, -0.2) is 5.11 Å². The van der Waals surface area contributed by atoms with E-state index in [0.717, 1.165) is 11.1 Å². The fourth-order valence-corrected chi connectivity index (χ4v) is 2.38. The summed E-state index contributed by atoms with van der Waals surface area (Å²) in [6, 6.07) is 20.0. The number of benzene rings is 3. The minimum absolute atomic E-state index is 0.327. The van der Waals surface area contributed by atoms with Gasteiger partial charge in [-0.05, 0) is 34.9 Å². The zero-order valence-electron chi connectivity index (χ0n) is 10.2. The number of phenolic OH excluding ortho intramolecular Hbond substituents is 1. The summed E-state index contributed by atoms with van der Waals surface area (Å²) in [5, 5.41) is 12.4. The summed E-state index contributed by atoms with van der Waals surface area (Å²) in [5.41, 5.74) is 3.17. The molecule has 0 atom stereocenters. The van der Waals surface area contributed by atoms with Gasteiger partial charge in [-0.1, -0.05) is 54.6 Å². The van der Waals surface area contributed by atoms with E-state index in [9.17, 15) is 5.11 Å². The van der Waals surface area contributed by atoms with Crippen molar-refractivity contribution in [3.8, 4) is 16.9 Å². The van der Waals surface area contributed by atoms with Gasteiger partial charge in [0.1, 0.15) is 5.75 Å². The summed E-state index contributed by atoms with van der Waals surface area (Å²) in [6.45, 7) is 2.08. The number of aromatic hydroxyl groups is 1. The van der Waals surface area contributed by atoms with E-state index in [1.165, 1.54) is 16.3 Å². The SMILES string of the molecule is Cc1cc(-c2ccccc2O)c2ccccc2c1. The second-order valence-electron chi connectivity index (χ2n) is 4.55. The molecule has 1 nitrogen and oxygen atoms in total. The van der Waals surface area contributed by atoms with Crippen LogP contribution in [0.25, 0.3) is 21.9 Å². The normalized spacial score (nSPS) is 10.7. The first-order valence-corrected chi connectivity index (χ1v) is 6.03. The zero-order valence-corrected chi connectivity index (χ0v) is 10.2. The van der Waals surface area contributed by atoms with Gasteiger partial charge in [0.15, 0.2) is 0 Å². The summed E-state index contributed by atoms with van der Waals surface area (Å²) in [4.78, 5) is 0. The average molecular weight is 234 g/mol. The van der Waals surface area contributed by atoms with Gasteiger partial charge < -0.3 is 5.11 Å². The van der Waals surface area contributed by atoms with Crippen LogP contribution in [0.4, 0.5) is 0 Å². The predicted molar refractivity (Wildman–Crippen MR) is 75.8 cm³/mol. The van der Waals surface area contributed by atoms with Gasteiger partial charge in [-0.3, -0.25) is 0 Å². The highest BCUT2D eigenvalue weighted by atomic mass is 16.3. The first kappa shape index (κ1) is 10.8. The fourth-order valence-electron chi connectivity index (χ4n) is 2.38. The Hall–Kier alpha value is -2.28. The van der Waals surface area contributed by atoms with Crippen LogP contribution in [-0.2, 0) is 0 Å². The molecule has 0 spiro atoms. The van der Waals surface area contributed by atoms with E-state index in [-0.39, 0.29) is 0 Å². The molecule has 3 aromatic rings. The molecule has 0 heterocycles. The van der Waals surface area contributed by atoms with Crippen molar-refractivity contribution < 1.29 is 5.11 Å². The molecule has 1 N–H and O–H groups in total. The van der Waals surface area contributed by atoms with Gasteiger partial charge in [-0.15, -0.1) is 0 Å². The average Bonchev–Trinajstić information content (AvgIpc) is 2.38. The Labute approximate surface area is 106 Å². The van der Waals surface area contributed by atoms with Crippen molar-refractivity contribution in [1.29, 1.82) is 0 Å². The third kappa shape index (κ3) is 1.74. The molecule has 0 unspecified atom stereocenters. The molecule has 88 valence electrons. The molecule has 0 aliphatic rings. The smallest absolute Gasteiger partial charge is 0.123 e. The number of para-hydroxylation sites is 1. The number of hydrogen-bond donors (Lipinski definition) is 1. The first-order valence-electron chi connectivity index (χ1n) is 6.03. The highest BCUT2D eigenvalue weighted by molar-refractivity contribution is 5.98. The standard InChI is InChI=1S/C17H14O/c1-12-10-13-6-2-3-7-14(13)16(11-12)15-8-4-5-9-17(15)18/h2-11,18H,1H3. The molecule has 0 fully saturated rings. The van der Waals surface area contributed by atoms with Crippen molar-refractivity contribution in [3.63, 3.8) is 0 Å². The Balaban J connectivity index is 2.39. The molecule has 0 radical (unpaired) electrons. The topological polar surface area (TPSA) is 20.2 Å². The number of aryl methyl sites for hydroxylation is 1. The van der Waals surface area contributed by atoms with Crippen molar-refractivity contribution in [1.82, 2.24) is 0 Å². The van der Waals surface area contributed by atoms with Crippen molar-refractivity contribution in [2.45, 2.75) is 6.92 Å². The maximum Gasteiger partial charge on any atom is 0.123 e. The van der Waals surface area contributed by atoms with Crippen molar-refractivity contribution in [3.05, 3.63) is 66.2 Å². The molecule has 0 amide bonds. The van der Waals surface area contributed by atoms with E-state index in [2.05, 4.69) is 31.2 Å². The van der Waals surface area contributed by atoms with Crippen LogP contribution in [0.5, 0.6) is 5.75 Å². The van der Waals surface area contributed by atoms with Crippen LogP contribution < -0.4 is 0 Å². The maximum atomic E-state index is 10.0. The third-order valence-electron chi connectivity index (χ3n) is 3.20. The van der Waals surface area contributed by atoms with Gasteiger partial charge in [-0.2, -0.15) is 0 Å². The quantitative estimate of drug-likeness (QED) is 0.656. The summed E-state index contributed by atoms with van der Waals surface area (Å²) in [6.07, 6.45) is 0. The molecular formula is C17H14O. The van der Waals surface area contributed by atoms with Gasteiger partial charge in [0, 0.05) is 5.56 Å². The van der Waals surface area contributed by atoms with E-state index in [1.54, 1.807) is 6.07 Å². The summed E-state index contributed by atoms with van der Waals surface area (Å²) < 4.78 is 0. The summed E-state index contributed by atoms with van der Waals surface area (Å²) >= 11 is 0. The predicted octanol–water partition coefficient (Wildman–Crippen LogP) is 4.52. The molecule has 0 aliphatic heterocycles. The van der Waals surface area contributed by atoms with Crippen LogP contribution in [0.15, 0.2) is 60.7 Å². The van der Waals surface area contributed by atoms with Crippen molar-refractivity contribution in [2.75, 3.05) is 0 Å². The summed E-state index contributed by atoms with van der Waals surface area (Å²) in [7, 11) is 0. The Morgan fingerprint density at radius 2 is 1.50 bits per heavy atom. The number of phenols is 1. The molecule has 3 rings (SSSR count). The van der Waals surface area contributed by atoms with Crippen molar-refractivity contribution in [2.24, 2.45) is 0 Å². The molecule has 0 aromatic heterocycles. The number of fused-ring (bicyclic) bond motifs is 1. The zero-order chi connectivity index (χ0) is 12.5. The fraction of sp³-hybridized carbons (Fsp3) is 0.0588. The maximum absolute atomic E-state index is 10.0. The molecule has 18 heavy (non-hydrogen) atoms. The van der Waals surface area contributed by atoms with Crippen LogP contribution >= 0.6 is 0 Å². The molecule has 0 saturated heterocycles. The Bertz CT molecular complexity index is 714. The lowest BCUT2D eigenvalue weighted by Crippen LogP contribution is -1.84. The lowest BCUT2D eigenvalue weighted by Gasteiger charge is -2.10. The molecule has 3 aromatic carbocycles. The second-order valence-corrected chi connectivity index (χ2v) is 4.55. The van der Waals surface area contributed by atoms with E-state index in [4.69, 9.17) is 0 Å². The lowest BCUT2D eigenvalue weighted by molar-refractivity contribution is 0.477. The first-order chi connectivity index (χ1) is 8.75. The lowest BCUT2D eigenvalue weighted by atomic mass is 9.95. The largest absolute Gasteiger partial charge is 0.507 e. The third-order valence-corrected chi connectivity index (χ3v) is 3.20. The minimum atomic E-state index is 0.327. The highest BCUT2D eigenvalue weighted by Gasteiger charge is 2.08. The summed E-state index contributed by atoms with van der Waals surface area (Å²) in [5.74, 6) is 0.327.